The lowest BCUT2D eigenvalue weighted by atomic mass is 10.2. The van der Waals surface area contributed by atoms with Crippen molar-refractivity contribution in [1.82, 2.24) is 0 Å². The van der Waals surface area contributed by atoms with E-state index in [4.69, 9.17) is 9.84 Å². The molecule has 2 rings (SSSR count). The molecule has 0 bridgehead atoms. The quantitative estimate of drug-likeness (QED) is 0.529. The van der Waals surface area contributed by atoms with Gasteiger partial charge < -0.3 is 14.6 Å². The summed E-state index contributed by atoms with van der Waals surface area (Å²) in [7, 11) is 0. The maximum atomic E-state index is 10.9. The Morgan fingerprint density at radius 1 is 0.957 bits per heavy atom. The number of rotatable bonds is 4. The van der Waals surface area contributed by atoms with E-state index < -0.39 is 6.16 Å². The van der Waals surface area contributed by atoms with Crippen LogP contribution in [0.25, 0.3) is 0 Å². The summed E-state index contributed by atoms with van der Waals surface area (Å²) >= 11 is 0. The molecule has 0 spiro atoms. The molecule has 0 fully saturated rings. The Morgan fingerprint density at radius 2 is 1.43 bits per heavy atom. The second kappa shape index (κ2) is 9.73. The molecule has 0 aromatic heterocycles. The highest BCUT2D eigenvalue weighted by atomic mass is 16.7. The molecule has 6 heteroatoms. The third kappa shape index (κ3) is 6.90. The lowest BCUT2D eigenvalue weighted by molar-refractivity contribution is 0.104. The van der Waals surface area contributed by atoms with Crippen LogP contribution in [0.15, 0.2) is 48.5 Å². The van der Waals surface area contributed by atoms with Crippen molar-refractivity contribution >= 4 is 18.7 Å². The third-order valence-electron chi connectivity index (χ3n) is 2.51. The number of ether oxygens (including phenoxy) is 2. The van der Waals surface area contributed by atoms with E-state index in [2.05, 4.69) is 4.74 Å². The average molecular weight is 316 g/mol. The molecule has 0 aliphatic rings. The highest BCUT2D eigenvalue weighted by Gasteiger charge is 2.03. The Morgan fingerprint density at radius 3 is 1.87 bits per heavy atom. The van der Waals surface area contributed by atoms with Crippen molar-refractivity contribution in [2.45, 2.75) is 6.92 Å². The number of benzene rings is 2. The number of phenols is 1. The SMILES string of the molecule is CCOC(=O)Oc1ccc(C=O)cc1.O=Cc1ccc(O)cc1. The van der Waals surface area contributed by atoms with E-state index in [0.29, 0.717) is 23.2 Å². The summed E-state index contributed by atoms with van der Waals surface area (Å²) in [5, 5.41) is 8.74. The zero-order valence-electron chi connectivity index (χ0n) is 12.5. The molecule has 0 amide bonds. The molecule has 0 aliphatic heterocycles. The van der Waals surface area contributed by atoms with Crippen LogP contribution in [0.5, 0.6) is 11.5 Å². The van der Waals surface area contributed by atoms with E-state index in [1.807, 2.05) is 0 Å². The first kappa shape index (κ1) is 17.9. The summed E-state index contributed by atoms with van der Waals surface area (Å²) in [5.74, 6) is 0.537. The van der Waals surface area contributed by atoms with Gasteiger partial charge in [-0.2, -0.15) is 0 Å². The van der Waals surface area contributed by atoms with E-state index in [-0.39, 0.29) is 12.4 Å². The van der Waals surface area contributed by atoms with Crippen molar-refractivity contribution in [3.8, 4) is 11.5 Å². The molecule has 120 valence electrons. The molecular formula is C17H16O6. The summed E-state index contributed by atoms with van der Waals surface area (Å²) in [4.78, 5) is 31.2. The van der Waals surface area contributed by atoms with Crippen LogP contribution < -0.4 is 4.74 Å². The largest absolute Gasteiger partial charge is 0.513 e. The molecule has 2 aromatic rings. The maximum Gasteiger partial charge on any atom is 0.513 e. The topological polar surface area (TPSA) is 89.9 Å². The first-order valence-electron chi connectivity index (χ1n) is 6.73. The van der Waals surface area contributed by atoms with E-state index in [1.54, 1.807) is 31.2 Å². The normalized spacial score (nSPS) is 9.09. The molecule has 0 atom stereocenters. The Kier molecular flexibility index (Phi) is 7.57. The fraction of sp³-hybridized carbons (Fsp3) is 0.118. The standard InChI is InChI=1S/C10H10O4.C7H6O2/c1-2-13-10(12)14-9-5-3-8(7-11)4-6-9;8-5-6-1-3-7(9)4-2-6/h3-7H,2H2,1H3;1-5,9H. The van der Waals surface area contributed by atoms with Crippen LogP contribution >= 0.6 is 0 Å². The van der Waals surface area contributed by atoms with E-state index in [0.717, 1.165) is 6.29 Å². The molecule has 0 saturated carbocycles. The lowest BCUT2D eigenvalue weighted by Gasteiger charge is -2.03. The number of carbonyl (C=O) groups is 3. The molecule has 0 unspecified atom stereocenters. The summed E-state index contributed by atoms with van der Waals surface area (Å²) in [6.07, 6.45) is 0.708. The zero-order chi connectivity index (χ0) is 17.1. The molecule has 0 saturated heterocycles. The van der Waals surface area contributed by atoms with Crippen LogP contribution in [-0.4, -0.2) is 30.4 Å². The van der Waals surface area contributed by atoms with Gasteiger partial charge in [0, 0.05) is 11.1 Å². The average Bonchev–Trinajstić information content (AvgIpc) is 2.57. The minimum atomic E-state index is -0.744. The van der Waals surface area contributed by atoms with Crippen molar-refractivity contribution in [2.75, 3.05) is 6.61 Å². The molecule has 0 heterocycles. The molecule has 0 aliphatic carbocycles. The maximum absolute atomic E-state index is 10.9. The Bertz CT molecular complexity index is 631. The van der Waals surface area contributed by atoms with Crippen LogP contribution in [0.2, 0.25) is 0 Å². The lowest BCUT2D eigenvalue weighted by Crippen LogP contribution is -2.09. The molecule has 23 heavy (non-hydrogen) atoms. The second-order valence-corrected chi connectivity index (χ2v) is 4.18. The molecular weight excluding hydrogens is 300 g/mol. The number of hydrogen-bond acceptors (Lipinski definition) is 6. The van der Waals surface area contributed by atoms with Gasteiger partial charge in [-0.05, 0) is 55.5 Å². The molecule has 1 N–H and O–H groups in total. The Labute approximate surface area is 133 Å². The van der Waals surface area contributed by atoms with E-state index in [1.165, 1.54) is 24.3 Å². The highest BCUT2D eigenvalue weighted by Crippen LogP contribution is 2.11. The predicted octanol–water partition coefficient (Wildman–Crippen LogP) is 3.24. The first-order valence-corrected chi connectivity index (χ1v) is 6.73. The molecule has 0 radical (unpaired) electrons. The van der Waals surface area contributed by atoms with Gasteiger partial charge in [0.25, 0.3) is 0 Å². The van der Waals surface area contributed by atoms with Crippen molar-refractivity contribution < 1.29 is 29.0 Å². The zero-order valence-corrected chi connectivity index (χ0v) is 12.5. The first-order chi connectivity index (χ1) is 11.1. The fourth-order valence-electron chi connectivity index (χ4n) is 1.41. The summed E-state index contributed by atoms with van der Waals surface area (Å²) in [6, 6.07) is 12.2. The van der Waals surface area contributed by atoms with Crippen LogP contribution in [0.1, 0.15) is 27.6 Å². The molecule has 6 nitrogen and oxygen atoms in total. The summed E-state index contributed by atoms with van der Waals surface area (Å²) in [5.41, 5.74) is 1.11. The van der Waals surface area contributed by atoms with Crippen LogP contribution in [0, 0.1) is 0 Å². The fourth-order valence-corrected chi connectivity index (χ4v) is 1.41. The van der Waals surface area contributed by atoms with Gasteiger partial charge in [0.15, 0.2) is 0 Å². The number of hydrogen-bond donors (Lipinski definition) is 1. The van der Waals surface area contributed by atoms with Crippen LogP contribution in [-0.2, 0) is 4.74 Å². The second-order valence-electron chi connectivity index (χ2n) is 4.18. The van der Waals surface area contributed by atoms with Gasteiger partial charge in [-0.1, -0.05) is 0 Å². The van der Waals surface area contributed by atoms with Gasteiger partial charge in [-0.3, -0.25) is 9.59 Å². The van der Waals surface area contributed by atoms with Gasteiger partial charge >= 0.3 is 6.16 Å². The summed E-state index contributed by atoms with van der Waals surface area (Å²) in [6.45, 7) is 1.96. The van der Waals surface area contributed by atoms with Gasteiger partial charge in [-0.15, -0.1) is 0 Å². The smallest absolute Gasteiger partial charge is 0.508 e. The van der Waals surface area contributed by atoms with Crippen molar-refractivity contribution in [3.63, 3.8) is 0 Å². The number of phenolic OH excluding ortho intramolecular Hbond substituents is 1. The third-order valence-corrected chi connectivity index (χ3v) is 2.51. The van der Waals surface area contributed by atoms with E-state index >= 15 is 0 Å². The van der Waals surface area contributed by atoms with Gasteiger partial charge in [-0.25, -0.2) is 4.79 Å². The summed E-state index contributed by atoms with van der Waals surface area (Å²) < 4.78 is 9.35. The minimum absolute atomic E-state index is 0.181. The number of aromatic hydroxyl groups is 1. The number of aldehydes is 2. The van der Waals surface area contributed by atoms with Gasteiger partial charge in [0.1, 0.15) is 24.1 Å². The van der Waals surface area contributed by atoms with Gasteiger partial charge in [0.2, 0.25) is 0 Å². The Balaban J connectivity index is 0.000000253. The number of carbonyl (C=O) groups excluding carboxylic acids is 3. The van der Waals surface area contributed by atoms with Crippen LogP contribution in [0.3, 0.4) is 0 Å². The molecule has 2 aromatic carbocycles. The van der Waals surface area contributed by atoms with Gasteiger partial charge in [0.05, 0.1) is 6.61 Å². The van der Waals surface area contributed by atoms with Crippen molar-refractivity contribution in [1.29, 1.82) is 0 Å². The van der Waals surface area contributed by atoms with Crippen molar-refractivity contribution in [3.05, 3.63) is 59.7 Å². The minimum Gasteiger partial charge on any atom is -0.508 e. The van der Waals surface area contributed by atoms with E-state index in [9.17, 15) is 14.4 Å². The van der Waals surface area contributed by atoms with Crippen LogP contribution in [0.4, 0.5) is 4.79 Å². The van der Waals surface area contributed by atoms with Crippen molar-refractivity contribution in [2.24, 2.45) is 0 Å². The highest BCUT2D eigenvalue weighted by molar-refractivity contribution is 5.75. The Hall–Kier alpha value is -3.15. The predicted molar refractivity (Wildman–Crippen MR) is 83.0 cm³/mol. The monoisotopic (exact) mass is 316 g/mol.